The van der Waals surface area contributed by atoms with Crippen LogP contribution in [0.15, 0.2) is 0 Å². The molecule has 0 spiro atoms. The Morgan fingerprint density at radius 2 is 1.92 bits per heavy atom. The molecular formula is C11H21NO. The minimum Gasteiger partial charge on any atom is -0.383 e. The van der Waals surface area contributed by atoms with E-state index in [4.69, 9.17) is 11.2 Å². The first-order valence-corrected chi connectivity index (χ1v) is 5.05. The van der Waals surface area contributed by atoms with E-state index in [2.05, 4.69) is 11.2 Å². The molecule has 0 atom stereocenters. The average molecular weight is 183 g/mol. The summed E-state index contributed by atoms with van der Waals surface area (Å²) in [7, 11) is 1.72. The summed E-state index contributed by atoms with van der Waals surface area (Å²) in [6.07, 6.45) is 11.0. The smallest absolute Gasteiger partial charge is 0.0587 e. The van der Waals surface area contributed by atoms with Gasteiger partial charge in [-0.15, -0.1) is 12.3 Å². The van der Waals surface area contributed by atoms with Gasteiger partial charge in [0.15, 0.2) is 0 Å². The van der Waals surface area contributed by atoms with Crippen LogP contribution in [0.1, 0.15) is 32.1 Å². The predicted molar refractivity (Wildman–Crippen MR) is 56.7 cm³/mol. The number of methoxy groups -OCH3 is 1. The van der Waals surface area contributed by atoms with E-state index in [9.17, 15) is 0 Å². The molecule has 13 heavy (non-hydrogen) atoms. The summed E-state index contributed by atoms with van der Waals surface area (Å²) in [6, 6.07) is 0. The molecule has 0 saturated heterocycles. The predicted octanol–water partition coefficient (Wildman–Crippen LogP) is 1.81. The Kier molecular flexibility index (Phi) is 11.0. The summed E-state index contributed by atoms with van der Waals surface area (Å²) in [5, 5.41) is 3.31. The molecule has 0 bridgehead atoms. The second kappa shape index (κ2) is 11.5. The van der Waals surface area contributed by atoms with Crippen LogP contribution >= 0.6 is 0 Å². The van der Waals surface area contributed by atoms with Gasteiger partial charge < -0.3 is 10.1 Å². The summed E-state index contributed by atoms with van der Waals surface area (Å²) in [6.45, 7) is 2.86. The Morgan fingerprint density at radius 1 is 1.15 bits per heavy atom. The highest BCUT2D eigenvalue weighted by atomic mass is 16.5. The minimum atomic E-state index is 0.803. The first kappa shape index (κ1) is 12.5. The van der Waals surface area contributed by atoms with E-state index in [1.165, 1.54) is 25.7 Å². The third kappa shape index (κ3) is 11.5. The van der Waals surface area contributed by atoms with Crippen molar-refractivity contribution in [3.63, 3.8) is 0 Å². The lowest BCUT2D eigenvalue weighted by Gasteiger charge is -2.02. The van der Waals surface area contributed by atoms with E-state index >= 15 is 0 Å². The molecule has 2 nitrogen and oxygen atoms in total. The first-order chi connectivity index (χ1) is 6.41. The van der Waals surface area contributed by atoms with Gasteiger partial charge in [-0.1, -0.05) is 12.8 Å². The molecule has 0 rings (SSSR count). The Morgan fingerprint density at radius 3 is 2.62 bits per heavy atom. The Hall–Kier alpha value is -0.520. The van der Waals surface area contributed by atoms with E-state index in [1.54, 1.807) is 7.11 Å². The van der Waals surface area contributed by atoms with Crippen molar-refractivity contribution in [2.24, 2.45) is 0 Å². The van der Waals surface area contributed by atoms with Gasteiger partial charge >= 0.3 is 0 Å². The molecular weight excluding hydrogens is 162 g/mol. The van der Waals surface area contributed by atoms with E-state index in [0.29, 0.717) is 0 Å². The lowest BCUT2D eigenvalue weighted by Crippen LogP contribution is -2.20. The van der Waals surface area contributed by atoms with Crippen LogP contribution < -0.4 is 5.32 Å². The van der Waals surface area contributed by atoms with Crippen molar-refractivity contribution < 1.29 is 4.74 Å². The lowest BCUT2D eigenvalue weighted by atomic mass is 10.1. The van der Waals surface area contributed by atoms with Gasteiger partial charge in [0.1, 0.15) is 0 Å². The molecule has 1 N–H and O–H groups in total. The highest BCUT2D eigenvalue weighted by Crippen LogP contribution is 2.00. The zero-order valence-corrected chi connectivity index (χ0v) is 8.64. The van der Waals surface area contributed by atoms with Crippen LogP contribution in [0.5, 0.6) is 0 Å². The first-order valence-electron chi connectivity index (χ1n) is 5.05. The number of terminal acetylenes is 1. The molecule has 0 heterocycles. The molecule has 0 saturated carbocycles. The molecule has 2 heteroatoms. The van der Waals surface area contributed by atoms with E-state index < -0.39 is 0 Å². The fourth-order valence-corrected chi connectivity index (χ4v) is 1.13. The van der Waals surface area contributed by atoms with Crippen LogP contribution in [-0.4, -0.2) is 26.8 Å². The minimum absolute atomic E-state index is 0.803. The van der Waals surface area contributed by atoms with E-state index in [0.717, 1.165) is 26.1 Å². The van der Waals surface area contributed by atoms with E-state index in [-0.39, 0.29) is 0 Å². The third-order valence-electron chi connectivity index (χ3n) is 1.91. The lowest BCUT2D eigenvalue weighted by molar-refractivity contribution is 0.199. The molecule has 0 aliphatic carbocycles. The van der Waals surface area contributed by atoms with Gasteiger partial charge in [0.05, 0.1) is 6.61 Å². The van der Waals surface area contributed by atoms with Crippen LogP contribution in [0.3, 0.4) is 0 Å². The summed E-state index contributed by atoms with van der Waals surface area (Å²) < 4.78 is 4.92. The second-order valence-electron chi connectivity index (χ2n) is 3.11. The SMILES string of the molecule is C#CCCCCCCNCCOC. The molecule has 0 unspecified atom stereocenters. The summed E-state index contributed by atoms with van der Waals surface area (Å²) in [5.41, 5.74) is 0. The molecule has 0 radical (unpaired) electrons. The summed E-state index contributed by atoms with van der Waals surface area (Å²) in [4.78, 5) is 0. The van der Waals surface area contributed by atoms with E-state index in [1.807, 2.05) is 0 Å². The van der Waals surface area contributed by atoms with Gasteiger partial charge in [0.2, 0.25) is 0 Å². The van der Waals surface area contributed by atoms with Gasteiger partial charge in [-0.2, -0.15) is 0 Å². The van der Waals surface area contributed by atoms with Crippen molar-refractivity contribution in [1.29, 1.82) is 0 Å². The normalized spacial score (nSPS) is 9.85. The number of ether oxygens (including phenoxy) is 1. The molecule has 0 aromatic rings. The maximum atomic E-state index is 5.15. The topological polar surface area (TPSA) is 21.3 Å². The van der Waals surface area contributed by atoms with Gasteiger partial charge in [0, 0.05) is 20.1 Å². The van der Waals surface area contributed by atoms with Crippen molar-refractivity contribution in [1.82, 2.24) is 5.32 Å². The van der Waals surface area contributed by atoms with Gasteiger partial charge in [-0.25, -0.2) is 0 Å². The fourth-order valence-electron chi connectivity index (χ4n) is 1.13. The number of rotatable bonds is 9. The largest absolute Gasteiger partial charge is 0.383 e. The standard InChI is InChI=1S/C11H21NO/c1-3-4-5-6-7-8-9-12-10-11-13-2/h1,12H,4-11H2,2H3. The zero-order chi connectivity index (χ0) is 9.78. The van der Waals surface area contributed by atoms with Crippen molar-refractivity contribution in [2.45, 2.75) is 32.1 Å². The van der Waals surface area contributed by atoms with Crippen LogP contribution in [0.4, 0.5) is 0 Å². The molecule has 0 aliphatic rings. The number of hydrogen-bond acceptors (Lipinski definition) is 2. The van der Waals surface area contributed by atoms with Crippen LogP contribution in [0.2, 0.25) is 0 Å². The molecule has 0 fully saturated rings. The van der Waals surface area contributed by atoms with Crippen molar-refractivity contribution >= 4 is 0 Å². The fraction of sp³-hybridized carbons (Fsp3) is 0.818. The van der Waals surface area contributed by atoms with Crippen molar-refractivity contribution in [2.75, 3.05) is 26.8 Å². The van der Waals surface area contributed by atoms with Gasteiger partial charge in [-0.05, 0) is 19.4 Å². The molecule has 0 aromatic heterocycles. The van der Waals surface area contributed by atoms with Crippen molar-refractivity contribution in [3.05, 3.63) is 0 Å². The van der Waals surface area contributed by atoms with Gasteiger partial charge in [-0.3, -0.25) is 0 Å². The van der Waals surface area contributed by atoms with Crippen LogP contribution in [-0.2, 0) is 4.74 Å². The Bertz CT molecular complexity index is 129. The highest BCUT2D eigenvalue weighted by Gasteiger charge is 1.89. The highest BCUT2D eigenvalue weighted by molar-refractivity contribution is 4.82. The Labute approximate surface area is 82.1 Å². The second-order valence-corrected chi connectivity index (χ2v) is 3.11. The van der Waals surface area contributed by atoms with Gasteiger partial charge in [0.25, 0.3) is 0 Å². The molecule has 0 aliphatic heterocycles. The number of hydrogen-bond donors (Lipinski definition) is 1. The summed E-state index contributed by atoms with van der Waals surface area (Å²) in [5.74, 6) is 2.65. The number of nitrogens with one attached hydrogen (secondary N) is 1. The van der Waals surface area contributed by atoms with Crippen molar-refractivity contribution in [3.8, 4) is 12.3 Å². The third-order valence-corrected chi connectivity index (χ3v) is 1.91. The number of unbranched alkanes of at least 4 members (excludes halogenated alkanes) is 4. The summed E-state index contributed by atoms with van der Waals surface area (Å²) >= 11 is 0. The van der Waals surface area contributed by atoms with Crippen LogP contribution in [0, 0.1) is 12.3 Å². The molecule has 0 aromatic carbocycles. The molecule has 76 valence electrons. The average Bonchev–Trinajstić information content (AvgIpc) is 2.16. The molecule has 0 amide bonds. The Balaban J connectivity index is 2.80. The maximum absolute atomic E-state index is 5.15. The quantitative estimate of drug-likeness (QED) is 0.435. The maximum Gasteiger partial charge on any atom is 0.0587 e. The zero-order valence-electron chi connectivity index (χ0n) is 8.64. The van der Waals surface area contributed by atoms with Crippen LogP contribution in [0.25, 0.3) is 0 Å². The monoisotopic (exact) mass is 183 g/mol.